The first-order valence-corrected chi connectivity index (χ1v) is 13.9. The number of benzene rings is 3. The van der Waals surface area contributed by atoms with Crippen molar-refractivity contribution >= 4 is 16.0 Å². The molecule has 2 heterocycles. The number of hydrogen-bond acceptors (Lipinski definition) is 6. The molecule has 0 aliphatic rings. The van der Waals surface area contributed by atoms with Crippen LogP contribution in [0.2, 0.25) is 0 Å². The lowest BCUT2D eigenvalue weighted by molar-refractivity contribution is -0.676. The molecule has 0 aliphatic carbocycles. The number of carbonyl (C=O) groups excluding carboxylic acids is 1. The van der Waals surface area contributed by atoms with E-state index in [1.165, 1.54) is 47.3 Å². The fraction of sp³-hybridized carbons (Fsp3) is 0.143. The Kier molecular flexibility index (Phi) is 7.56. The van der Waals surface area contributed by atoms with E-state index in [1.807, 2.05) is 6.92 Å². The molecule has 5 aromatic rings. The van der Waals surface area contributed by atoms with Gasteiger partial charge in [0.1, 0.15) is 0 Å². The molecule has 3 aromatic carbocycles. The van der Waals surface area contributed by atoms with E-state index in [0.29, 0.717) is 16.8 Å². The van der Waals surface area contributed by atoms with Crippen molar-refractivity contribution in [2.45, 2.75) is 24.9 Å². The summed E-state index contributed by atoms with van der Waals surface area (Å²) in [4.78, 5) is 11.6. The van der Waals surface area contributed by atoms with E-state index in [4.69, 9.17) is 9.26 Å². The van der Waals surface area contributed by atoms with Gasteiger partial charge in [-0.05, 0) is 56.3 Å². The third kappa shape index (κ3) is 6.02. The summed E-state index contributed by atoms with van der Waals surface area (Å²) in [5.74, 6) is -0.485. The number of hydrogen-bond donors (Lipinski definition) is 0. The third-order valence-electron chi connectivity index (χ3n) is 6.03. The second-order valence-electron chi connectivity index (χ2n) is 9.00. The first-order valence-electron chi connectivity index (χ1n) is 12.4. The van der Waals surface area contributed by atoms with E-state index < -0.39 is 27.9 Å². The number of alkyl halides is 3. The van der Waals surface area contributed by atoms with Crippen LogP contribution in [0.4, 0.5) is 13.2 Å². The maximum Gasteiger partial charge on any atom is 0.435 e. The van der Waals surface area contributed by atoms with Gasteiger partial charge >= 0.3 is 12.1 Å². The Morgan fingerprint density at radius 2 is 1.71 bits per heavy atom. The minimum atomic E-state index is -4.68. The largest absolute Gasteiger partial charge is 0.486 e. The zero-order chi connectivity index (χ0) is 30.1. The number of nitrogens with zero attached hydrogens (tertiary/aromatic N) is 5. The van der Waals surface area contributed by atoms with Gasteiger partial charge in [0.15, 0.2) is 5.69 Å². The average molecular weight is 598 g/mol. The predicted molar refractivity (Wildman–Crippen MR) is 141 cm³/mol. The molecule has 0 radical (unpaired) electrons. The molecule has 5 rings (SSSR count). The first-order chi connectivity index (χ1) is 19.9. The van der Waals surface area contributed by atoms with Crippen molar-refractivity contribution in [2.24, 2.45) is 4.40 Å². The van der Waals surface area contributed by atoms with E-state index in [9.17, 15) is 26.4 Å². The van der Waals surface area contributed by atoms with Crippen molar-refractivity contribution in [1.82, 2.24) is 15.1 Å². The number of aromatic nitrogens is 4. The van der Waals surface area contributed by atoms with Gasteiger partial charge in [-0.1, -0.05) is 29.8 Å². The number of esters is 1. The van der Waals surface area contributed by atoms with Crippen LogP contribution in [-0.2, 0) is 20.9 Å². The van der Waals surface area contributed by atoms with Crippen LogP contribution in [0.1, 0.15) is 28.5 Å². The number of sulfonamides is 1. The molecule has 10 nitrogen and oxygen atoms in total. The molecule has 216 valence electrons. The Balaban J connectivity index is 1.42. The van der Waals surface area contributed by atoms with Crippen LogP contribution < -0.4 is 15.5 Å². The lowest BCUT2D eigenvalue weighted by Crippen LogP contribution is -2.34. The number of halogens is 3. The van der Waals surface area contributed by atoms with Gasteiger partial charge in [-0.25, -0.2) is 14.2 Å². The van der Waals surface area contributed by atoms with Crippen LogP contribution in [0.15, 0.2) is 98.9 Å². The molecule has 14 heteroatoms. The summed E-state index contributed by atoms with van der Waals surface area (Å²) in [5, 5.41) is 7.49. The van der Waals surface area contributed by atoms with Gasteiger partial charge in [0, 0.05) is 17.7 Å². The van der Waals surface area contributed by atoms with Crippen molar-refractivity contribution in [3.8, 4) is 22.6 Å². The topological polar surface area (TPSA) is 122 Å². The summed E-state index contributed by atoms with van der Waals surface area (Å²) in [6.07, 6.45) is -3.44. The summed E-state index contributed by atoms with van der Waals surface area (Å²) < 4.78 is 82.4. The molecule has 0 unspecified atom stereocenters. The second kappa shape index (κ2) is 11.1. The molecular weight excluding hydrogens is 575 g/mol. The molecular formula is C28H22F3N5O5S. The molecule has 0 spiro atoms. The standard InChI is InChI=1S/C28H22F3N5O5S/c1-3-40-27(37)20-8-10-21(11-9-20)35-17-26(41-34-35)33-42(38,39)23-14-12-22(13-15-23)36-24(16-25(32-36)28(29,30)31)19-6-4-18(2)5-7-19/h4-17H,3H2,1-2H3/b33-26+. The quantitative estimate of drug-likeness (QED) is 0.204. The molecule has 0 amide bonds. The zero-order valence-electron chi connectivity index (χ0n) is 22.1. The monoisotopic (exact) mass is 597 g/mol. The average Bonchev–Trinajstić information content (AvgIpc) is 3.62. The molecule has 0 aliphatic heterocycles. The van der Waals surface area contributed by atoms with Gasteiger partial charge in [0.2, 0.25) is 11.9 Å². The van der Waals surface area contributed by atoms with Crippen LogP contribution in [0.5, 0.6) is 0 Å². The molecule has 0 saturated heterocycles. The minimum Gasteiger partial charge on any atom is -0.486 e. The van der Waals surface area contributed by atoms with Crippen molar-refractivity contribution in [1.29, 1.82) is 0 Å². The fourth-order valence-corrected chi connectivity index (χ4v) is 4.84. The Hall–Kier alpha value is -4.98. The van der Waals surface area contributed by atoms with Crippen molar-refractivity contribution in [3.05, 3.63) is 107 Å². The maximum absolute atomic E-state index is 13.5. The predicted octanol–water partition coefficient (Wildman–Crippen LogP) is 4.16. The highest BCUT2D eigenvalue weighted by Crippen LogP contribution is 2.33. The molecule has 0 saturated carbocycles. The highest BCUT2D eigenvalue weighted by Gasteiger charge is 2.35. The number of ether oxygens (including phenoxy) is 1. The SMILES string of the molecule is CCOC(=O)c1ccc(-[n+]2c/c(=N\S(=O)(=O)c3ccc(-n4nc(C(F)(F)F)cc4-c4ccc(C)cc4)cc3)o[n-]2)cc1. The first kappa shape index (κ1) is 28.5. The zero-order valence-corrected chi connectivity index (χ0v) is 22.9. The minimum absolute atomic E-state index is 0.184. The second-order valence-corrected chi connectivity index (χ2v) is 10.6. The number of rotatable bonds is 7. The molecule has 0 fully saturated rings. The number of carbonyl (C=O) groups is 1. The Bertz CT molecular complexity index is 1910. The maximum atomic E-state index is 13.5. The van der Waals surface area contributed by atoms with E-state index in [-0.39, 0.29) is 28.4 Å². The van der Waals surface area contributed by atoms with Crippen LogP contribution in [0, 0.1) is 6.92 Å². The highest BCUT2D eigenvalue weighted by molar-refractivity contribution is 7.90. The van der Waals surface area contributed by atoms with Gasteiger partial charge in [-0.2, -0.15) is 26.7 Å². The molecule has 42 heavy (non-hydrogen) atoms. The third-order valence-corrected chi connectivity index (χ3v) is 7.32. The molecule has 2 aromatic heterocycles. The van der Waals surface area contributed by atoms with Gasteiger partial charge in [0.05, 0.1) is 28.4 Å². The van der Waals surface area contributed by atoms with Crippen molar-refractivity contribution in [3.63, 3.8) is 0 Å². The van der Waals surface area contributed by atoms with E-state index >= 15 is 0 Å². The molecule has 0 bridgehead atoms. The Labute approximate surface area is 237 Å². The van der Waals surface area contributed by atoms with Crippen LogP contribution in [0.25, 0.3) is 22.6 Å². The summed E-state index contributed by atoms with van der Waals surface area (Å²) in [5.41, 5.74) is 1.23. The Morgan fingerprint density at radius 3 is 2.33 bits per heavy atom. The fourth-order valence-electron chi connectivity index (χ4n) is 3.94. The van der Waals surface area contributed by atoms with Crippen molar-refractivity contribution in [2.75, 3.05) is 6.61 Å². The van der Waals surface area contributed by atoms with Gasteiger partial charge in [0.25, 0.3) is 15.6 Å². The smallest absolute Gasteiger partial charge is 0.435 e. The molecule has 0 N–H and O–H groups in total. The van der Waals surface area contributed by atoms with E-state index in [0.717, 1.165) is 16.3 Å². The summed E-state index contributed by atoms with van der Waals surface area (Å²) in [6.45, 7) is 3.78. The van der Waals surface area contributed by atoms with E-state index in [1.54, 1.807) is 43.3 Å². The Morgan fingerprint density at radius 1 is 1.05 bits per heavy atom. The normalized spacial score (nSPS) is 12.5. The summed E-state index contributed by atoms with van der Waals surface area (Å²) in [7, 11) is -4.28. The lowest BCUT2D eigenvalue weighted by atomic mass is 10.1. The lowest BCUT2D eigenvalue weighted by Gasteiger charge is -2.09. The summed E-state index contributed by atoms with van der Waals surface area (Å²) >= 11 is 0. The number of aryl methyl sites for hydroxylation is 1. The van der Waals surface area contributed by atoms with Crippen molar-refractivity contribution < 1.29 is 40.3 Å². The van der Waals surface area contributed by atoms with Crippen LogP contribution >= 0.6 is 0 Å². The van der Waals surface area contributed by atoms with Gasteiger partial charge in [-0.3, -0.25) is 5.27 Å². The van der Waals surface area contributed by atoms with E-state index in [2.05, 4.69) is 14.8 Å². The molecule has 0 atom stereocenters. The van der Waals surface area contributed by atoms with Gasteiger partial charge < -0.3 is 9.26 Å². The van der Waals surface area contributed by atoms with Crippen LogP contribution in [0.3, 0.4) is 0 Å². The summed E-state index contributed by atoms with van der Waals surface area (Å²) in [6, 6.07) is 19.1. The highest BCUT2D eigenvalue weighted by atomic mass is 32.2. The van der Waals surface area contributed by atoms with Crippen LogP contribution in [-0.4, -0.2) is 30.8 Å². The van der Waals surface area contributed by atoms with Gasteiger partial charge in [-0.15, -0.1) is 4.40 Å².